The van der Waals surface area contributed by atoms with Gasteiger partial charge < -0.3 is 5.32 Å². The Morgan fingerprint density at radius 1 is 1.20 bits per heavy atom. The molecule has 20 heavy (non-hydrogen) atoms. The molecule has 6 heteroatoms. The highest BCUT2D eigenvalue weighted by Gasteiger charge is 2.04. The van der Waals surface area contributed by atoms with E-state index in [-0.39, 0.29) is 5.82 Å². The average Bonchev–Trinajstić information content (AvgIpc) is 2.82. The van der Waals surface area contributed by atoms with Crippen molar-refractivity contribution in [2.45, 2.75) is 13.1 Å². The van der Waals surface area contributed by atoms with Gasteiger partial charge in [0.25, 0.3) is 0 Å². The van der Waals surface area contributed by atoms with Crippen LogP contribution in [0.2, 0.25) is 0 Å². The Hall–Kier alpha value is -1.79. The fourth-order valence-electron chi connectivity index (χ4n) is 2.03. The van der Waals surface area contributed by atoms with E-state index >= 15 is 0 Å². The Balaban J connectivity index is 1.69. The molecular weight excluding hydrogens is 323 g/mol. The van der Waals surface area contributed by atoms with E-state index in [2.05, 4.69) is 31.2 Å². The number of benzene rings is 1. The SMILES string of the molecule is Fc1cccc(CNCc2cnc3cnc(Br)cn23)c1. The molecule has 0 atom stereocenters. The molecule has 1 N–H and O–H groups in total. The molecule has 0 bridgehead atoms. The van der Waals surface area contributed by atoms with Crippen molar-refractivity contribution in [2.24, 2.45) is 0 Å². The molecular formula is C14H12BrFN4. The van der Waals surface area contributed by atoms with Crippen LogP contribution in [0.5, 0.6) is 0 Å². The van der Waals surface area contributed by atoms with Crippen LogP contribution >= 0.6 is 15.9 Å². The number of nitrogens with one attached hydrogen (secondary N) is 1. The highest BCUT2D eigenvalue weighted by Crippen LogP contribution is 2.11. The lowest BCUT2D eigenvalue weighted by molar-refractivity contribution is 0.619. The zero-order chi connectivity index (χ0) is 13.9. The molecule has 0 radical (unpaired) electrons. The van der Waals surface area contributed by atoms with Crippen LogP contribution in [-0.4, -0.2) is 14.4 Å². The van der Waals surface area contributed by atoms with Crippen LogP contribution in [0.3, 0.4) is 0 Å². The number of imidazole rings is 1. The Morgan fingerprint density at radius 3 is 2.95 bits per heavy atom. The molecule has 0 saturated carbocycles. The van der Waals surface area contributed by atoms with E-state index in [4.69, 9.17) is 0 Å². The normalized spacial score (nSPS) is 11.1. The molecule has 102 valence electrons. The lowest BCUT2D eigenvalue weighted by atomic mass is 10.2. The molecule has 4 nitrogen and oxygen atoms in total. The second-order valence-corrected chi connectivity index (χ2v) is 5.23. The number of nitrogens with zero attached hydrogens (tertiary/aromatic N) is 3. The maximum absolute atomic E-state index is 13.1. The molecule has 0 aliphatic heterocycles. The number of aromatic nitrogens is 3. The van der Waals surface area contributed by atoms with Gasteiger partial charge in [0.2, 0.25) is 0 Å². The number of rotatable bonds is 4. The van der Waals surface area contributed by atoms with Crippen molar-refractivity contribution < 1.29 is 4.39 Å². The van der Waals surface area contributed by atoms with Crippen molar-refractivity contribution in [3.05, 3.63) is 64.5 Å². The third-order valence-electron chi connectivity index (χ3n) is 2.97. The van der Waals surface area contributed by atoms with Crippen LogP contribution in [0.15, 0.2) is 47.5 Å². The molecule has 0 saturated heterocycles. The van der Waals surface area contributed by atoms with Gasteiger partial charge in [0.15, 0.2) is 5.65 Å². The van der Waals surface area contributed by atoms with Gasteiger partial charge in [-0.2, -0.15) is 0 Å². The highest BCUT2D eigenvalue weighted by atomic mass is 79.9. The van der Waals surface area contributed by atoms with Gasteiger partial charge in [0, 0.05) is 19.3 Å². The van der Waals surface area contributed by atoms with Crippen LogP contribution in [0.25, 0.3) is 5.65 Å². The quantitative estimate of drug-likeness (QED) is 0.797. The van der Waals surface area contributed by atoms with Crippen LogP contribution < -0.4 is 5.32 Å². The largest absolute Gasteiger partial charge is 0.307 e. The average molecular weight is 335 g/mol. The third-order valence-corrected chi connectivity index (χ3v) is 3.37. The Kier molecular flexibility index (Phi) is 3.75. The molecule has 0 aliphatic carbocycles. The summed E-state index contributed by atoms with van der Waals surface area (Å²) in [4.78, 5) is 8.41. The second-order valence-electron chi connectivity index (χ2n) is 4.42. The van der Waals surface area contributed by atoms with Gasteiger partial charge in [-0.05, 0) is 33.6 Å². The Morgan fingerprint density at radius 2 is 2.10 bits per heavy atom. The molecule has 0 aliphatic rings. The fourth-order valence-corrected chi connectivity index (χ4v) is 2.34. The number of hydrogen-bond donors (Lipinski definition) is 1. The number of halogens is 2. The molecule has 1 aromatic carbocycles. The summed E-state index contributed by atoms with van der Waals surface area (Å²) in [5.74, 6) is -0.214. The van der Waals surface area contributed by atoms with E-state index in [1.165, 1.54) is 12.1 Å². The zero-order valence-electron chi connectivity index (χ0n) is 10.6. The van der Waals surface area contributed by atoms with E-state index in [0.29, 0.717) is 13.1 Å². The Labute approximate surface area is 123 Å². The molecule has 3 aromatic rings. The first-order valence-corrected chi connectivity index (χ1v) is 6.94. The first kappa shape index (κ1) is 13.2. The molecule has 0 unspecified atom stereocenters. The zero-order valence-corrected chi connectivity index (χ0v) is 12.1. The van der Waals surface area contributed by atoms with Crippen LogP contribution in [0.4, 0.5) is 4.39 Å². The van der Waals surface area contributed by atoms with E-state index in [9.17, 15) is 4.39 Å². The second kappa shape index (κ2) is 5.68. The van der Waals surface area contributed by atoms with E-state index in [1.54, 1.807) is 12.3 Å². The highest BCUT2D eigenvalue weighted by molar-refractivity contribution is 9.10. The van der Waals surface area contributed by atoms with Crippen LogP contribution in [-0.2, 0) is 13.1 Å². The minimum atomic E-state index is -0.214. The first-order chi connectivity index (χ1) is 9.72. The number of hydrogen-bond acceptors (Lipinski definition) is 3. The lowest BCUT2D eigenvalue weighted by Crippen LogP contribution is -2.14. The summed E-state index contributed by atoms with van der Waals surface area (Å²) < 4.78 is 15.8. The van der Waals surface area contributed by atoms with Crippen molar-refractivity contribution in [3.63, 3.8) is 0 Å². The van der Waals surface area contributed by atoms with Crippen molar-refractivity contribution in [1.29, 1.82) is 0 Å². The van der Waals surface area contributed by atoms with Gasteiger partial charge in [-0.15, -0.1) is 0 Å². The van der Waals surface area contributed by atoms with Gasteiger partial charge >= 0.3 is 0 Å². The number of fused-ring (bicyclic) bond motifs is 1. The topological polar surface area (TPSA) is 42.2 Å². The standard InChI is InChI=1S/C14H12BrFN4/c15-13-9-20-12(7-19-14(20)8-18-13)6-17-5-10-2-1-3-11(16)4-10/h1-4,7-9,17H,5-6H2. The van der Waals surface area contributed by atoms with Gasteiger partial charge in [-0.25, -0.2) is 14.4 Å². The van der Waals surface area contributed by atoms with Gasteiger partial charge in [0.1, 0.15) is 10.4 Å². The van der Waals surface area contributed by atoms with Crippen molar-refractivity contribution in [2.75, 3.05) is 0 Å². The maximum Gasteiger partial charge on any atom is 0.155 e. The molecule has 0 spiro atoms. The van der Waals surface area contributed by atoms with Gasteiger partial charge in [0.05, 0.1) is 18.1 Å². The molecule has 0 amide bonds. The summed E-state index contributed by atoms with van der Waals surface area (Å²) in [5.41, 5.74) is 2.75. The monoisotopic (exact) mass is 334 g/mol. The van der Waals surface area contributed by atoms with Crippen molar-refractivity contribution in [1.82, 2.24) is 19.7 Å². The third kappa shape index (κ3) is 2.86. The van der Waals surface area contributed by atoms with E-state index in [0.717, 1.165) is 21.5 Å². The Bertz CT molecular complexity index is 741. The minimum absolute atomic E-state index is 0.214. The van der Waals surface area contributed by atoms with Gasteiger partial charge in [-0.3, -0.25) is 4.40 Å². The van der Waals surface area contributed by atoms with E-state index in [1.807, 2.05) is 22.9 Å². The summed E-state index contributed by atoms with van der Waals surface area (Å²) in [6.07, 6.45) is 5.39. The summed E-state index contributed by atoms with van der Waals surface area (Å²) in [5, 5.41) is 3.28. The molecule has 2 heterocycles. The predicted molar refractivity (Wildman–Crippen MR) is 77.6 cm³/mol. The van der Waals surface area contributed by atoms with Gasteiger partial charge in [-0.1, -0.05) is 12.1 Å². The minimum Gasteiger partial charge on any atom is -0.307 e. The first-order valence-electron chi connectivity index (χ1n) is 6.15. The molecule has 2 aromatic heterocycles. The maximum atomic E-state index is 13.1. The summed E-state index contributed by atoms with van der Waals surface area (Å²) in [6, 6.07) is 6.58. The molecule has 0 fully saturated rings. The fraction of sp³-hybridized carbons (Fsp3) is 0.143. The molecule has 3 rings (SSSR count). The van der Waals surface area contributed by atoms with Crippen LogP contribution in [0, 0.1) is 5.82 Å². The van der Waals surface area contributed by atoms with Crippen molar-refractivity contribution >= 4 is 21.6 Å². The van der Waals surface area contributed by atoms with Crippen LogP contribution in [0.1, 0.15) is 11.3 Å². The lowest BCUT2D eigenvalue weighted by Gasteiger charge is -2.05. The predicted octanol–water partition coefficient (Wildman–Crippen LogP) is 2.92. The van der Waals surface area contributed by atoms with E-state index < -0.39 is 0 Å². The summed E-state index contributed by atoms with van der Waals surface area (Å²) in [6.45, 7) is 1.26. The van der Waals surface area contributed by atoms with Crippen molar-refractivity contribution in [3.8, 4) is 0 Å². The smallest absolute Gasteiger partial charge is 0.155 e. The summed E-state index contributed by atoms with van der Waals surface area (Å²) >= 11 is 3.34. The summed E-state index contributed by atoms with van der Waals surface area (Å²) in [7, 11) is 0.